The van der Waals surface area contributed by atoms with Crippen LogP contribution in [0.2, 0.25) is 0 Å². The molecule has 0 aromatic heterocycles. The summed E-state index contributed by atoms with van der Waals surface area (Å²) in [5.74, 6) is -4.50. The monoisotopic (exact) mass is 148 g/mol. The number of carboxylic acids is 1. The van der Waals surface area contributed by atoms with Crippen molar-refractivity contribution in [1.82, 2.24) is 0 Å². The van der Waals surface area contributed by atoms with Gasteiger partial charge in [-0.3, -0.25) is 4.79 Å². The fourth-order valence-corrected chi connectivity index (χ4v) is 1.58. The van der Waals surface area contributed by atoms with Gasteiger partial charge in [-0.15, -0.1) is 0 Å². The number of aliphatic carboxylic acids is 1. The van der Waals surface area contributed by atoms with Crippen LogP contribution >= 0.6 is 0 Å². The van der Waals surface area contributed by atoms with E-state index in [9.17, 15) is 13.6 Å². The van der Waals surface area contributed by atoms with Gasteiger partial charge in [0.2, 0.25) is 0 Å². The van der Waals surface area contributed by atoms with Gasteiger partial charge in [0.15, 0.2) is 0 Å². The van der Waals surface area contributed by atoms with Crippen LogP contribution in [0.4, 0.5) is 8.78 Å². The van der Waals surface area contributed by atoms with Gasteiger partial charge in [0.05, 0.1) is 11.3 Å². The molecular weight excluding hydrogens is 142 g/mol. The number of hydrogen-bond donors (Lipinski definition) is 1. The largest absolute Gasteiger partial charge is 0.481 e. The van der Waals surface area contributed by atoms with Gasteiger partial charge >= 0.3 is 5.97 Å². The molecule has 2 aliphatic rings. The van der Waals surface area contributed by atoms with Gasteiger partial charge in [0.1, 0.15) is 0 Å². The number of rotatable bonds is 1. The maximum absolute atomic E-state index is 12.3. The van der Waals surface area contributed by atoms with Crippen molar-refractivity contribution in [1.29, 1.82) is 0 Å². The van der Waals surface area contributed by atoms with E-state index in [1.165, 1.54) is 0 Å². The third-order valence-corrected chi connectivity index (χ3v) is 2.51. The highest BCUT2D eigenvalue weighted by Crippen LogP contribution is 2.79. The molecule has 0 bridgehead atoms. The summed E-state index contributed by atoms with van der Waals surface area (Å²) in [6, 6.07) is 0. The molecule has 0 aromatic carbocycles. The molecule has 0 aromatic rings. The van der Waals surface area contributed by atoms with E-state index in [1.807, 2.05) is 0 Å². The highest BCUT2D eigenvalue weighted by atomic mass is 19.3. The normalized spacial score (nSPS) is 47.2. The van der Waals surface area contributed by atoms with E-state index in [1.54, 1.807) is 0 Å². The second kappa shape index (κ2) is 1.20. The van der Waals surface area contributed by atoms with Gasteiger partial charge in [0, 0.05) is 6.42 Å². The Kier molecular flexibility index (Phi) is 0.727. The summed E-state index contributed by atoms with van der Waals surface area (Å²) in [5, 5.41) is 8.33. The Balaban J connectivity index is 2.10. The van der Waals surface area contributed by atoms with E-state index in [-0.39, 0.29) is 12.8 Å². The summed E-state index contributed by atoms with van der Waals surface area (Å²) in [7, 11) is 0. The smallest absolute Gasteiger partial charge is 0.307 e. The van der Waals surface area contributed by atoms with Crippen molar-refractivity contribution in [2.75, 3.05) is 0 Å². The molecule has 0 aliphatic heterocycles. The summed E-state index contributed by atoms with van der Waals surface area (Å²) in [6.07, 6.45) is -0.0354. The van der Waals surface area contributed by atoms with E-state index >= 15 is 0 Å². The zero-order valence-electron chi connectivity index (χ0n) is 5.10. The van der Waals surface area contributed by atoms with Crippen LogP contribution in [-0.2, 0) is 4.79 Å². The van der Waals surface area contributed by atoms with Gasteiger partial charge in [-0.2, -0.15) is 0 Å². The first-order chi connectivity index (χ1) is 4.50. The molecule has 2 rings (SSSR count). The number of alkyl halides is 2. The Labute approximate surface area is 55.8 Å². The van der Waals surface area contributed by atoms with E-state index in [0.29, 0.717) is 0 Å². The molecule has 4 heteroatoms. The minimum absolute atomic E-state index is 0.176. The Morgan fingerprint density at radius 2 is 2.10 bits per heavy atom. The summed E-state index contributed by atoms with van der Waals surface area (Å²) < 4.78 is 24.6. The maximum atomic E-state index is 12.3. The van der Waals surface area contributed by atoms with Crippen LogP contribution in [-0.4, -0.2) is 17.0 Å². The number of hydrogen-bond acceptors (Lipinski definition) is 1. The summed E-state index contributed by atoms with van der Waals surface area (Å²) >= 11 is 0. The van der Waals surface area contributed by atoms with Gasteiger partial charge < -0.3 is 5.11 Å². The van der Waals surface area contributed by atoms with Crippen LogP contribution in [0.1, 0.15) is 12.8 Å². The average Bonchev–Trinajstić information content (AvgIpc) is 2.51. The molecule has 10 heavy (non-hydrogen) atoms. The molecule has 1 N–H and O–H groups in total. The van der Waals surface area contributed by atoms with E-state index in [4.69, 9.17) is 5.11 Å². The Morgan fingerprint density at radius 1 is 1.60 bits per heavy atom. The molecule has 0 heterocycles. The molecule has 0 saturated heterocycles. The fourth-order valence-electron chi connectivity index (χ4n) is 1.58. The predicted molar refractivity (Wildman–Crippen MR) is 27.7 cm³/mol. The Morgan fingerprint density at radius 3 is 2.20 bits per heavy atom. The van der Waals surface area contributed by atoms with Crippen molar-refractivity contribution in [3.8, 4) is 0 Å². The molecule has 0 radical (unpaired) electrons. The van der Waals surface area contributed by atoms with Crippen LogP contribution in [0.5, 0.6) is 0 Å². The third kappa shape index (κ3) is 0.458. The average molecular weight is 148 g/mol. The van der Waals surface area contributed by atoms with E-state index < -0.39 is 23.2 Å². The van der Waals surface area contributed by atoms with Crippen molar-refractivity contribution in [2.45, 2.75) is 18.8 Å². The molecule has 2 saturated carbocycles. The SMILES string of the molecule is O=C(O)[C@@H]1C[C@]12CC2(F)F. The standard InChI is InChI=1S/C6H6F2O2/c7-6(8)2-5(6)1-3(5)4(9)10/h3H,1-2H2,(H,9,10)/t3-,5-/m0/s1. The molecule has 1 spiro atoms. The van der Waals surface area contributed by atoms with Crippen molar-refractivity contribution in [3.05, 3.63) is 0 Å². The maximum Gasteiger partial charge on any atom is 0.307 e. The Hall–Kier alpha value is -0.670. The van der Waals surface area contributed by atoms with Crippen molar-refractivity contribution >= 4 is 5.97 Å². The second-order valence-corrected chi connectivity index (χ2v) is 3.13. The van der Waals surface area contributed by atoms with Crippen molar-refractivity contribution < 1.29 is 18.7 Å². The van der Waals surface area contributed by atoms with Crippen LogP contribution < -0.4 is 0 Å². The first kappa shape index (κ1) is 6.07. The molecule has 2 fully saturated rings. The number of halogens is 2. The van der Waals surface area contributed by atoms with E-state index in [2.05, 4.69) is 0 Å². The van der Waals surface area contributed by atoms with Crippen LogP contribution in [0, 0.1) is 11.3 Å². The molecule has 2 atom stereocenters. The quantitative estimate of drug-likeness (QED) is 0.604. The van der Waals surface area contributed by atoms with Gasteiger partial charge in [-0.1, -0.05) is 0 Å². The minimum Gasteiger partial charge on any atom is -0.481 e. The first-order valence-corrected chi connectivity index (χ1v) is 3.10. The number of carboxylic acid groups (broad SMARTS) is 1. The summed E-state index contributed by atoms with van der Waals surface area (Å²) in [6.45, 7) is 0. The fraction of sp³-hybridized carbons (Fsp3) is 0.833. The zero-order valence-corrected chi connectivity index (χ0v) is 5.10. The van der Waals surface area contributed by atoms with Gasteiger partial charge in [-0.05, 0) is 6.42 Å². The molecule has 0 unspecified atom stereocenters. The second-order valence-electron chi connectivity index (χ2n) is 3.13. The highest BCUT2D eigenvalue weighted by Gasteiger charge is 2.85. The lowest BCUT2D eigenvalue weighted by Crippen LogP contribution is -2.04. The predicted octanol–water partition coefficient (Wildman–Crippen LogP) is 1.12. The van der Waals surface area contributed by atoms with Crippen LogP contribution in [0.3, 0.4) is 0 Å². The van der Waals surface area contributed by atoms with Crippen LogP contribution in [0.25, 0.3) is 0 Å². The lowest BCUT2D eigenvalue weighted by Gasteiger charge is -1.89. The Bertz CT molecular complexity index is 214. The minimum atomic E-state index is -2.67. The molecule has 2 nitrogen and oxygen atoms in total. The molecule has 2 aliphatic carbocycles. The third-order valence-electron chi connectivity index (χ3n) is 2.51. The van der Waals surface area contributed by atoms with Crippen molar-refractivity contribution in [2.24, 2.45) is 11.3 Å². The first-order valence-electron chi connectivity index (χ1n) is 3.10. The zero-order chi connectivity index (χ0) is 7.57. The molecule has 0 amide bonds. The lowest BCUT2D eigenvalue weighted by atomic mass is 10.3. The number of carbonyl (C=O) groups is 1. The van der Waals surface area contributed by atoms with E-state index in [0.717, 1.165) is 0 Å². The molecular formula is C6H6F2O2. The lowest BCUT2D eigenvalue weighted by molar-refractivity contribution is -0.139. The summed E-state index contributed by atoms with van der Waals surface area (Å²) in [4.78, 5) is 10.2. The highest BCUT2D eigenvalue weighted by molar-refractivity contribution is 5.76. The summed E-state index contributed by atoms with van der Waals surface area (Å²) in [5.41, 5.74) is -1.10. The topological polar surface area (TPSA) is 37.3 Å². The van der Waals surface area contributed by atoms with Crippen LogP contribution in [0.15, 0.2) is 0 Å². The van der Waals surface area contributed by atoms with Crippen molar-refractivity contribution in [3.63, 3.8) is 0 Å². The van der Waals surface area contributed by atoms with Gasteiger partial charge in [-0.25, -0.2) is 8.78 Å². The molecule has 56 valence electrons. The van der Waals surface area contributed by atoms with Gasteiger partial charge in [0.25, 0.3) is 5.92 Å².